The van der Waals surface area contributed by atoms with Crippen molar-refractivity contribution in [1.29, 1.82) is 0 Å². The smallest absolute Gasteiger partial charge is 0.317 e. The van der Waals surface area contributed by atoms with E-state index in [2.05, 4.69) is 27.2 Å². The number of aromatic nitrogens is 3. The number of rotatable bonds is 9. The molecule has 0 bridgehead atoms. The van der Waals surface area contributed by atoms with Crippen LogP contribution in [0.15, 0.2) is 24.4 Å². The molecule has 0 saturated heterocycles. The summed E-state index contributed by atoms with van der Waals surface area (Å²) in [4.78, 5) is 17.7. The monoisotopic (exact) mass is 383 g/mol. The van der Waals surface area contributed by atoms with Crippen LogP contribution in [0.3, 0.4) is 0 Å². The van der Waals surface area contributed by atoms with Gasteiger partial charge in [0.05, 0.1) is 12.2 Å². The molecule has 2 aromatic heterocycles. The van der Waals surface area contributed by atoms with Gasteiger partial charge in [-0.25, -0.2) is 9.67 Å². The highest BCUT2D eigenvalue weighted by Gasteiger charge is 2.37. The first-order chi connectivity index (χ1) is 13.5. The first-order valence-corrected chi connectivity index (χ1v) is 10.2. The lowest BCUT2D eigenvalue weighted by molar-refractivity contribution is -0.139. The second-order valence-corrected chi connectivity index (χ2v) is 8.22. The summed E-state index contributed by atoms with van der Waals surface area (Å²) >= 11 is 0. The fraction of sp³-hybridized carbons (Fsp3) is 0.571. The van der Waals surface area contributed by atoms with E-state index in [0.717, 1.165) is 43.1 Å². The minimum Gasteiger partial charge on any atom is -0.480 e. The summed E-state index contributed by atoms with van der Waals surface area (Å²) in [5, 5.41) is 17.5. The molecule has 2 N–H and O–H groups in total. The molecule has 2 aromatic rings. The molecule has 4 rings (SSSR count). The Bertz CT molecular complexity index is 825. The maximum atomic E-state index is 11.2. The Morgan fingerprint density at radius 1 is 1.32 bits per heavy atom. The molecule has 0 aliphatic heterocycles. The molecule has 7 nitrogen and oxygen atoms in total. The summed E-state index contributed by atoms with van der Waals surface area (Å²) in [5.74, 6) is 0.835. The maximum Gasteiger partial charge on any atom is 0.317 e. The lowest BCUT2D eigenvalue weighted by Gasteiger charge is -2.43. The van der Waals surface area contributed by atoms with E-state index >= 15 is 0 Å². The highest BCUT2D eigenvalue weighted by molar-refractivity contribution is 5.69. The van der Waals surface area contributed by atoms with Crippen molar-refractivity contribution in [3.63, 3.8) is 0 Å². The highest BCUT2D eigenvalue weighted by atomic mass is 16.4. The van der Waals surface area contributed by atoms with Crippen LogP contribution in [0.1, 0.15) is 42.6 Å². The molecule has 0 unspecified atom stereocenters. The largest absolute Gasteiger partial charge is 0.480 e. The number of nitrogens with zero attached hydrogens (tertiary/aromatic N) is 4. The van der Waals surface area contributed by atoms with Crippen LogP contribution in [0, 0.1) is 19.8 Å². The topological polar surface area (TPSA) is 83.3 Å². The van der Waals surface area contributed by atoms with Gasteiger partial charge in [-0.15, -0.1) is 0 Å². The van der Waals surface area contributed by atoms with Crippen molar-refractivity contribution in [2.75, 3.05) is 13.1 Å². The molecular weight excluding hydrogens is 354 g/mol. The lowest BCUT2D eigenvalue weighted by atomic mass is 9.85. The molecule has 0 spiro atoms. The van der Waals surface area contributed by atoms with Crippen molar-refractivity contribution >= 4 is 5.97 Å². The zero-order valence-corrected chi connectivity index (χ0v) is 16.6. The minimum absolute atomic E-state index is 0.170. The summed E-state index contributed by atoms with van der Waals surface area (Å²) in [7, 11) is 0. The van der Waals surface area contributed by atoms with Crippen LogP contribution in [0.5, 0.6) is 0 Å². The van der Waals surface area contributed by atoms with Crippen molar-refractivity contribution in [3.05, 3.63) is 41.3 Å². The molecular formula is C21H29N5O2. The molecule has 0 amide bonds. The van der Waals surface area contributed by atoms with E-state index in [0.29, 0.717) is 18.0 Å². The maximum absolute atomic E-state index is 11.2. The van der Waals surface area contributed by atoms with E-state index in [-0.39, 0.29) is 6.54 Å². The fourth-order valence-corrected chi connectivity index (χ4v) is 4.08. The Balaban J connectivity index is 1.32. The van der Waals surface area contributed by atoms with Gasteiger partial charge in [0.15, 0.2) is 5.82 Å². The summed E-state index contributed by atoms with van der Waals surface area (Å²) in [6, 6.07) is 6.67. The molecule has 2 saturated carbocycles. The molecule has 2 aliphatic carbocycles. The Morgan fingerprint density at radius 3 is 2.75 bits per heavy atom. The van der Waals surface area contributed by atoms with Crippen molar-refractivity contribution in [3.8, 4) is 5.82 Å². The second-order valence-electron chi connectivity index (χ2n) is 8.22. The predicted molar refractivity (Wildman–Crippen MR) is 106 cm³/mol. The van der Waals surface area contributed by atoms with Gasteiger partial charge in [0.1, 0.15) is 0 Å². The van der Waals surface area contributed by atoms with Gasteiger partial charge >= 0.3 is 5.97 Å². The van der Waals surface area contributed by atoms with Gasteiger partial charge in [-0.1, -0.05) is 6.07 Å². The summed E-state index contributed by atoms with van der Waals surface area (Å²) in [6.07, 6.45) is 6.33. The van der Waals surface area contributed by atoms with Crippen molar-refractivity contribution in [1.82, 2.24) is 25.0 Å². The average molecular weight is 383 g/mol. The summed E-state index contributed by atoms with van der Waals surface area (Å²) in [5.41, 5.74) is 3.35. The van der Waals surface area contributed by atoms with E-state index in [9.17, 15) is 9.90 Å². The van der Waals surface area contributed by atoms with Gasteiger partial charge in [-0.2, -0.15) is 5.10 Å². The van der Waals surface area contributed by atoms with Crippen molar-refractivity contribution < 1.29 is 9.90 Å². The van der Waals surface area contributed by atoms with E-state index < -0.39 is 5.97 Å². The van der Waals surface area contributed by atoms with Crippen LogP contribution < -0.4 is 5.32 Å². The number of pyridine rings is 1. The van der Waals surface area contributed by atoms with Crippen molar-refractivity contribution in [2.45, 2.75) is 58.2 Å². The summed E-state index contributed by atoms with van der Waals surface area (Å²) < 4.78 is 1.90. The molecule has 28 heavy (non-hydrogen) atoms. The third kappa shape index (κ3) is 4.25. The van der Waals surface area contributed by atoms with E-state index in [4.69, 9.17) is 0 Å². The lowest BCUT2D eigenvalue weighted by Crippen LogP contribution is -2.54. The molecule has 150 valence electrons. The minimum atomic E-state index is -0.717. The normalized spacial score (nSPS) is 21.7. The van der Waals surface area contributed by atoms with E-state index in [1.54, 1.807) is 6.20 Å². The number of hydrogen-bond acceptors (Lipinski definition) is 5. The van der Waals surface area contributed by atoms with Crippen LogP contribution in [0.25, 0.3) is 5.82 Å². The number of carboxylic acid groups (broad SMARTS) is 1. The van der Waals surface area contributed by atoms with Gasteiger partial charge in [-0.3, -0.25) is 9.69 Å². The standard InChI is InChI=1S/C21H29N5O2/c1-14-19(15(2)26(24-14)20-5-3-4-8-22-20)11-23-17-9-18(10-17)25(13-21(27)28)12-16-6-7-16/h3-5,8,16-18,23H,6-7,9-13H2,1-2H3,(H,27,28). The zero-order chi connectivity index (χ0) is 19.7. The molecule has 7 heteroatoms. The fourth-order valence-electron chi connectivity index (χ4n) is 4.08. The third-order valence-electron chi connectivity index (χ3n) is 6.03. The molecule has 0 aromatic carbocycles. The molecule has 0 radical (unpaired) electrons. The van der Waals surface area contributed by atoms with Gasteiger partial charge in [0.25, 0.3) is 0 Å². The SMILES string of the molecule is Cc1nn(-c2ccccn2)c(C)c1CNC1CC(N(CC(=O)O)CC2CC2)C1. The quantitative estimate of drug-likeness (QED) is 0.691. The molecule has 2 fully saturated rings. The highest BCUT2D eigenvalue weighted by Crippen LogP contribution is 2.34. The van der Waals surface area contributed by atoms with Crippen LogP contribution >= 0.6 is 0 Å². The number of hydrogen-bond donors (Lipinski definition) is 2. The van der Waals surface area contributed by atoms with Crippen molar-refractivity contribution in [2.24, 2.45) is 5.92 Å². The molecule has 2 aliphatic rings. The van der Waals surface area contributed by atoms with Gasteiger partial charge < -0.3 is 10.4 Å². The number of nitrogens with one attached hydrogen (secondary N) is 1. The number of aliphatic carboxylic acids is 1. The first kappa shape index (κ1) is 19.1. The Labute approximate surface area is 165 Å². The van der Waals surface area contributed by atoms with Gasteiger partial charge in [0.2, 0.25) is 0 Å². The second kappa shape index (κ2) is 8.01. The van der Waals surface area contributed by atoms with E-state index in [1.807, 2.05) is 29.8 Å². The van der Waals surface area contributed by atoms with Crippen LogP contribution in [-0.2, 0) is 11.3 Å². The van der Waals surface area contributed by atoms with Crippen LogP contribution in [0.4, 0.5) is 0 Å². The molecule has 0 atom stereocenters. The van der Waals surface area contributed by atoms with Crippen LogP contribution in [-0.4, -0.2) is 55.9 Å². The average Bonchev–Trinajstić information content (AvgIpc) is 3.40. The first-order valence-electron chi connectivity index (χ1n) is 10.2. The van der Waals surface area contributed by atoms with Gasteiger partial charge in [0, 0.05) is 42.6 Å². The van der Waals surface area contributed by atoms with Crippen LogP contribution in [0.2, 0.25) is 0 Å². The predicted octanol–water partition coefficient (Wildman–Crippen LogP) is 2.30. The van der Waals surface area contributed by atoms with E-state index in [1.165, 1.54) is 18.4 Å². The Kier molecular flexibility index (Phi) is 5.46. The number of carbonyl (C=O) groups is 1. The third-order valence-corrected chi connectivity index (χ3v) is 6.03. The Morgan fingerprint density at radius 2 is 2.11 bits per heavy atom. The Hall–Kier alpha value is -2.25. The van der Waals surface area contributed by atoms with Gasteiger partial charge in [-0.05, 0) is 57.6 Å². The summed E-state index contributed by atoms with van der Waals surface area (Å²) in [6.45, 7) is 6.02. The molecule has 2 heterocycles. The zero-order valence-electron chi connectivity index (χ0n) is 16.6. The number of carboxylic acids is 1. The number of aryl methyl sites for hydroxylation is 1.